The van der Waals surface area contributed by atoms with Crippen LogP contribution in [0.2, 0.25) is 0 Å². The number of nitrogens with one attached hydrogen (secondary N) is 5. The Hall–Kier alpha value is -8.77. The molecule has 31 heteroatoms. The number of hydrogen-bond acceptors (Lipinski definition) is 19. The molecule has 0 aromatic heterocycles. The van der Waals surface area contributed by atoms with E-state index in [1.165, 1.54) is 62.8 Å². The number of aliphatic hydroxyl groups excluding tert-OH is 1. The summed E-state index contributed by atoms with van der Waals surface area (Å²) in [5.74, 6) is -13.6. The van der Waals surface area contributed by atoms with Crippen LogP contribution >= 0.6 is 0 Å². The van der Waals surface area contributed by atoms with Gasteiger partial charge < -0.3 is 75.3 Å². The molecule has 0 aliphatic carbocycles. The fraction of sp³-hybridized carbons (Fsp3) is 0.700. The summed E-state index contributed by atoms with van der Waals surface area (Å²) >= 11 is 0. The molecule has 1 aromatic rings. The Morgan fingerprint density at radius 3 is 1.42 bits per heavy atom. The molecule has 1 aromatic carbocycles. The van der Waals surface area contributed by atoms with Crippen molar-refractivity contribution >= 4 is 82.8 Å². The highest BCUT2D eigenvalue weighted by Gasteiger charge is 2.47. The lowest BCUT2D eigenvalue weighted by Gasteiger charge is -2.40. The number of nitrogens with zero attached hydrogens (tertiary/aromatic N) is 7. The second kappa shape index (κ2) is 40.0. The van der Waals surface area contributed by atoms with Gasteiger partial charge in [-0.05, 0) is 121 Å². The third-order valence-corrected chi connectivity index (χ3v) is 17.8. The van der Waals surface area contributed by atoms with Gasteiger partial charge in [-0.3, -0.25) is 67.6 Å². The van der Waals surface area contributed by atoms with E-state index in [9.17, 15) is 44.0 Å². The summed E-state index contributed by atoms with van der Waals surface area (Å²) in [4.78, 5) is 207. The number of carbonyl (C=O) groups excluding carboxylic acids is 13. The molecule has 101 heavy (non-hydrogen) atoms. The molecular formula is C70H114N12O19. The highest BCUT2D eigenvalue weighted by molar-refractivity contribution is 6.00. The van der Waals surface area contributed by atoms with Crippen molar-refractivity contribution in [2.45, 2.75) is 242 Å². The largest absolute Gasteiger partial charge is 0.514 e. The van der Waals surface area contributed by atoms with Gasteiger partial charge in [-0.1, -0.05) is 88.3 Å². The van der Waals surface area contributed by atoms with Crippen molar-refractivity contribution in [2.24, 2.45) is 35.5 Å². The van der Waals surface area contributed by atoms with Gasteiger partial charge in [-0.25, -0.2) is 4.79 Å². The molecule has 1 saturated heterocycles. The molecular weight excluding hydrogens is 1310 g/mol. The zero-order valence-electron chi connectivity index (χ0n) is 63.5. The van der Waals surface area contributed by atoms with E-state index in [1.54, 1.807) is 67.5 Å². The predicted molar refractivity (Wildman–Crippen MR) is 374 cm³/mol. The van der Waals surface area contributed by atoms with Crippen LogP contribution in [0.25, 0.3) is 0 Å². The first kappa shape index (κ1) is 88.3. The first-order chi connectivity index (χ1) is 46.7. The lowest BCUT2D eigenvalue weighted by atomic mass is 9.91. The van der Waals surface area contributed by atoms with Crippen LogP contribution in [0.3, 0.4) is 0 Å². The Kier molecular flexibility index (Phi) is 35.0. The second-order valence-corrected chi connectivity index (χ2v) is 28.6. The van der Waals surface area contributed by atoms with E-state index in [4.69, 9.17) is 14.2 Å². The third kappa shape index (κ3) is 25.4. The molecule has 1 aliphatic rings. The van der Waals surface area contributed by atoms with E-state index >= 15 is 33.6 Å². The minimum absolute atomic E-state index is 0.0195. The van der Waals surface area contributed by atoms with Crippen molar-refractivity contribution in [1.29, 1.82) is 0 Å². The number of rotatable bonds is 19. The minimum Gasteiger partial charge on any atom is -0.460 e. The Labute approximate surface area is 594 Å². The van der Waals surface area contributed by atoms with Crippen LogP contribution < -0.4 is 31.3 Å². The van der Waals surface area contributed by atoms with E-state index in [0.717, 1.165) is 74.7 Å². The lowest BCUT2D eigenvalue weighted by Crippen LogP contribution is -2.65. The zero-order chi connectivity index (χ0) is 77.7. The van der Waals surface area contributed by atoms with Crippen molar-refractivity contribution < 1.29 is 86.6 Å². The maximum Gasteiger partial charge on any atom is 0.514 e. The Morgan fingerprint density at radius 1 is 0.515 bits per heavy atom. The number of nitro benzene ring substituents is 1. The van der Waals surface area contributed by atoms with Gasteiger partial charge in [0.05, 0.1) is 11.0 Å². The number of hydrogen-bond donors (Lipinski definition) is 6. The summed E-state index contributed by atoms with van der Waals surface area (Å²) in [6.07, 6.45) is -2.76. The van der Waals surface area contributed by atoms with Crippen molar-refractivity contribution in [3.05, 3.63) is 46.5 Å². The molecule has 0 bridgehead atoms. The highest BCUT2D eigenvalue weighted by Crippen LogP contribution is 2.26. The summed E-state index contributed by atoms with van der Waals surface area (Å²) < 4.78 is 16.4. The topological polar surface area (TPSA) is 393 Å². The Balaban J connectivity index is 3.18. The van der Waals surface area contributed by atoms with Crippen LogP contribution in [-0.4, -0.2) is 244 Å². The first-order valence-electron chi connectivity index (χ1n) is 34.5. The molecule has 568 valence electrons. The van der Waals surface area contributed by atoms with Crippen molar-refractivity contribution in [3.8, 4) is 5.75 Å². The Bertz CT molecular complexity index is 3110. The monoisotopic (exact) mass is 1430 g/mol. The van der Waals surface area contributed by atoms with E-state index in [1.807, 2.05) is 27.7 Å². The van der Waals surface area contributed by atoms with Crippen LogP contribution in [0.15, 0.2) is 36.4 Å². The molecule has 1 fully saturated rings. The fourth-order valence-electron chi connectivity index (χ4n) is 11.9. The number of carbonyl (C=O) groups is 13. The van der Waals surface area contributed by atoms with Crippen LogP contribution in [0, 0.1) is 45.6 Å². The summed E-state index contributed by atoms with van der Waals surface area (Å²) in [7, 11) is 7.54. The smallest absolute Gasteiger partial charge is 0.460 e. The molecule has 0 radical (unpaired) electrons. The number of ether oxygens (including phenoxy) is 3. The van der Waals surface area contributed by atoms with E-state index in [0.29, 0.717) is 0 Å². The number of esters is 1. The molecule has 6 N–H and O–H groups in total. The lowest BCUT2D eigenvalue weighted by molar-refractivity contribution is -0.384. The maximum atomic E-state index is 15.3. The van der Waals surface area contributed by atoms with Gasteiger partial charge in [0.2, 0.25) is 65.0 Å². The summed E-state index contributed by atoms with van der Waals surface area (Å²) in [5, 5.41) is 37.1. The van der Waals surface area contributed by atoms with E-state index < -0.39 is 179 Å². The van der Waals surface area contributed by atoms with Crippen LogP contribution in [0.4, 0.5) is 10.5 Å². The van der Waals surface area contributed by atoms with Gasteiger partial charge in [-0.15, -0.1) is 0 Å². The first-order valence-corrected chi connectivity index (χ1v) is 34.5. The van der Waals surface area contributed by atoms with Gasteiger partial charge in [-0.2, -0.15) is 0 Å². The summed E-state index contributed by atoms with van der Waals surface area (Å²) in [5.41, 5.74) is -0.336. The normalized spacial score (nSPS) is 25.5. The quantitative estimate of drug-likeness (QED) is 0.0378. The van der Waals surface area contributed by atoms with Gasteiger partial charge in [0.25, 0.3) is 5.69 Å². The molecule has 31 nitrogen and oxygen atoms in total. The number of likely N-dealkylation sites (N-methyl/N-ethyl adjacent to an activating group) is 6. The number of non-ortho nitro benzene ring substituents is 1. The van der Waals surface area contributed by atoms with Crippen LogP contribution in [-0.2, 0) is 67.0 Å². The number of nitro groups is 1. The molecule has 15 atom stereocenters. The Morgan fingerprint density at radius 2 is 0.950 bits per heavy atom. The van der Waals surface area contributed by atoms with Gasteiger partial charge >= 0.3 is 12.1 Å². The fourth-order valence-corrected chi connectivity index (χ4v) is 11.9. The molecule has 11 amide bonds. The molecule has 0 saturated carbocycles. The number of amides is 11. The number of aliphatic hydroxyl groups is 1. The number of allylic oxidation sites excluding steroid dienone is 2. The van der Waals surface area contributed by atoms with Crippen LogP contribution in [0.5, 0.6) is 5.75 Å². The highest BCUT2D eigenvalue weighted by atomic mass is 16.7. The van der Waals surface area contributed by atoms with Gasteiger partial charge in [0, 0.05) is 61.3 Å². The molecule has 3 unspecified atom stereocenters. The third-order valence-electron chi connectivity index (χ3n) is 17.8. The second-order valence-electron chi connectivity index (χ2n) is 28.6. The van der Waals surface area contributed by atoms with Gasteiger partial charge in [0.15, 0.2) is 0 Å². The van der Waals surface area contributed by atoms with Crippen molar-refractivity contribution in [2.75, 3.05) is 42.3 Å². The molecule has 1 heterocycles. The minimum atomic E-state index is -1.91. The number of benzene rings is 1. The average Bonchev–Trinajstić information content (AvgIpc) is 0.799. The van der Waals surface area contributed by atoms with Crippen LogP contribution in [0.1, 0.15) is 157 Å². The maximum absolute atomic E-state index is 15.3. The molecule has 2 rings (SSSR count). The summed E-state index contributed by atoms with van der Waals surface area (Å²) in [6, 6.07) is -12.4. The van der Waals surface area contributed by atoms with E-state index in [-0.39, 0.29) is 67.2 Å². The predicted octanol–water partition coefficient (Wildman–Crippen LogP) is 3.71. The van der Waals surface area contributed by atoms with Gasteiger partial charge in [0.1, 0.15) is 84.4 Å². The van der Waals surface area contributed by atoms with Crippen molar-refractivity contribution in [1.82, 2.24) is 56.0 Å². The SMILES string of the molecule is C/C=C/C[C@@H](C)[C@@H](O)[C@H]1C(=O)N[C@@H]([C@@H](C)OC(C)=O)C(=O)N(C)[C@@H](C)C(=O)N(C)[C@@H](C(C)OC(=O)Oc2ccc([N+](=O)[O-])cc2)C(=O)N[C@@H](CC(C)C)C(=O)N(C)[C@@H](CC(C)C)C(=O)N[C@@H](C)C(=O)N[C@H](C)C(=O)N(C)[C@@H](CC(C)C)C(=O)NC(CC(C)C)C(=O)N(C)C(C(C)C)C(=O)N1C. The van der Waals surface area contributed by atoms with Crippen molar-refractivity contribution in [3.63, 3.8) is 0 Å². The molecule has 0 spiro atoms. The van der Waals surface area contributed by atoms with E-state index in [2.05, 4.69) is 26.6 Å². The average molecular weight is 1430 g/mol. The standard InChI is InChI=1S/C70H114N12O19/c1-25-26-27-41(12)58(84)57-63(89)75-54(45(16)99-47(18)83)68(94)76(19)44(15)65(91)80(23)56(46(17)100-70(96)101-49-30-28-48(29-31-49)82(97)98)62(88)74-50(32-36(2)3)66(92)78(21)52(34-38(6)7)60(86)71-42(13)59(85)72-43(14)64(90)77(20)53(35-39(8)9)61(87)73-51(33-37(4)5)67(93)79(22)55(40(10)11)69(95)81(57)24/h25-26,28-31,36-46,50-58,84H,27,32-35H2,1-24H3,(H,71,86)(H,72,85)(H,73,87)(H,74,88)(H,75,89)/b26-25+/t41-,42+,43-,44+,45-,46?,50+,51?,52+,53+,54+,55?,56+,57+,58-/m1/s1. The zero-order valence-corrected chi connectivity index (χ0v) is 63.5. The molecule has 1 aliphatic heterocycles. The summed E-state index contributed by atoms with van der Waals surface area (Å²) in [6.45, 7) is 28.4.